The van der Waals surface area contributed by atoms with Crippen molar-refractivity contribution in [3.05, 3.63) is 0 Å². The third-order valence-corrected chi connectivity index (χ3v) is 4.09. The maximum Gasteiger partial charge on any atom is 0.124 e. The highest BCUT2D eigenvalue weighted by atomic mass is 16.5. The Morgan fingerprint density at radius 3 is 2.69 bits per heavy atom. The van der Waals surface area contributed by atoms with E-state index in [1.165, 1.54) is 25.7 Å². The van der Waals surface area contributed by atoms with E-state index in [4.69, 9.17) is 4.74 Å². The predicted molar refractivity (Wildman–Crippen MR) is 53.5 cm³/mol. The van der Waals surface area contributed by atoms with Crippen molar-refractivity contribution in [3.63, 3.8) is 0 Å². The summed E-state index contributed by atoms with van der Waals surface area (Å²) in [6, 6.07) is 0.689. The summed E-state index contributed by atoms with van der Waals surface area (Å²) >= 11 is 0. The molecule has 13 heavy (non-hydrogen) atoms. The van der Waals surface area contributed by atoms with E-state index in [-0.39, 0.29) is 5.72 Å². The van der Waals surface area contributed by atoms with E-state index in [1.54, 1.807) is 0 Å². The van der Waals surface area contributed by atoms with E-state index in [1.807, 2.05) is 0 Å². The van der Waals surface area contributed by atoms with Crippen LogP contribution in [-0.4, -0.2) is 30.3 Å². The average molecular weight is 183 g/mol. The van der Waals surface area contributed by atoms with Gasteiger partial charge in [0.25, 0.3) is 0 Å². The van der Waals surface area contributed by atoms with Crippen molar-refractivity contribution in [1.29, 1.82) is 0 Å². The van der Waals surface area contributed by atoms with Crippen LogP contribution >= 0.6 is 0 Å². The SMILES string of the molecule is C[C@@H]1CCC[C@@]12OCC[C@H](C)N2C. The lowest BCUT2D eigenvalue weighted by Crippen LogP contribution is -2.57. The molecular weight excluding hydrogens is 162 g/mol. The van der Waals surface area contributed by atoms with Crippen molar-refractivity contribution in [1.82, 2.24) is 4.90 Å². The van der Waals surface area contributed by atoms with Crippen LogP contribution in [0.1, 0.15) is 39.5 Å². The van der Waals surface area contributed by atoms with Gasteiger partial charge in [0.1, 0.15) is 5.72 Å². The second-order valence-electron chi connectivity index (χ2n) is 4.74. The summed E-state index contributed by atoms with van der Waals surface area (Å²) in [6.07, 6.45) is 5.08. The van der Waals surface area contributed by atoms with Gasteiger partial charge < -0.3 is 4.74 Å². The highest BCUT2D eigenvalue weighted by Gasteiger charge is 2.47. The highest BCUT2D eigenvalue weighted by Crippen LogP contribution is 2.43. The topological polar surface area (TPSA) is 12.5 Å². The van der Waals surface area contributed by atoms with Gasteiger partial charge in [-0.3, -0.25) is 4.90 Å². The van der Waals surface area contributed by atoms with Gasteiger partial charge >= 0.3 is 0 Å². The third-order valence-electron chi connectivity index (χ3n) is 4.09. The quantitative estimate of drug-likeness (QED) is 0.571. The summed E-state index contributed by atoms with van der Waals surface area (Å²) in [5.74, 6) is 0.709. The van der Waals surface area contributed by atoms with Gasteiger partial charge in [-0.05, 0) is 45.6 Å². The summed E-state index contributed by atoms with van der Waals surface area (Å²) in [5, 5.41) is 0. The Labute approximate surface area is 81.3 Å². The standard InChI is InChI=1S/C11H21NO/c1-9-5-4-7-11(9)12(3)10(2)6-8-13-11/h9-10H,4-8H2,1-3H3/t9-,10+,11-/m1/s1. The predicted octanol–water partition coefficient (Wildman–Crippen LogP) is 2.24. The fourth-order valence-corrected chi connectivity index (χ4v) is 2.95. The van der Waals surface area contributed by atoms with Crippen molar-refractivity contribution >= 4 is 0 Å². The van der Waals surface area contributed by atoms with Crippen LogP contribution in [0.5, 0.6) is 0 Å². The lowest BCUT2D eigenvalue weighted by atomic mass is 9.96. The molecule has 0 bridgehead atoms. The summed E-state index contributed by atoms with van der Waals surface area (Å²) in [5.41, 5.74) is 0.0949. The molecule has 0 amide bonds. The second-order valence-corrected chi connectivity index (χ2v) is 4.74. The van der Waals surface area contributed by atoms with E-state index in [0.717, 1.165) is 6.61 Å². The summed E-state index contributed by atoms with van der Waals surface area (Å²) in [6.45, 7) is 5.60. The third kappa shape index (κ3) is 1.31. The Balaban J connectivity index is 2.19. The van der Waals surface area contributed by atoms with Crippen LogP contribution in [0, 0.1) is 5.92 Å². The van der Waals surface area contributed by atoms with Crippen molar-refractivity contribution in [2.75, 3.05) is 13.7 Å². The molecule has 0 aromatic carbocycles. The monoisotopic (exact) mass is 183 g/mol. The first-order chi connectivity index (χ1) is 6.17. The molecule has 0 N–H and O–H groups in total. The minimum atomic E-state index is 0.0949. The molecule has 0 unspecified atom stereocenters. The van der Waals surface area contributed by atoms with E-state index in [0.29, 0.717) is 12.0 Å². The van der Waals surface area contributed by atoms with Gasteiger partial charge in [-0.15, -0.1) is 0 Å². The normalized spacial score (nSPS) is 47.3. The molecule has 0 radical (unpaired) electrons. The van der Waals surface area contributed by atoms with Crippen LogP contribution in [-0.2, 0) is 4.74 Å². The van der Waals surface area contributed by atoms with Crippen LogP contribution < -0.4 is 0 Å². The Bertz CT molecular complexity index is 195. The second kappa shape index (κ2) is 3.25. The maximum absolute atomic E-state index is 6.05. The number of ether oxygens (including phenoxy) is 1. The van der Waals surface area contributed by atoms with E-state index < -0.39 is 0 Å². The Kier molecular flexibility index (Phi) is 2.37. The van der Waals surface area contributed by atoms with Gasteiger partial charge in [-0.2, -0.15) is 0 Å². The zero-order valence-corrected chi connectivity index (χ0v) is 9.05. The van der Waals surface area contributed by atoms with Crippen molar-refractivity contribution in [2.45, 2.75) is 51.3 Å². The van der Waals surface area contributed by atoms with Gasteiger partial charge in [-0.1, -0.05) is 6.92 Å². The minimum absolute atomic E-state index is 0.0949. The summed E-state index contributed by atoms with van der Waals surface area (Å²) in [4.78, 5) is 2.47. The molecule has 0 aromatic heterocycles. The minimum Gasteiger partial charge on any atom is -0.360 e. The lowest BCUT2D eigenvalue weighted by Gasteiger charge is -2.49. The molecule has 2 heteroatoms. The highest BCUT2D eigenvalue weighted by molar-refractivity contribution is 4.94. The molecule has 1 saturated carbocycles. The molecule has 2 nitrogen and oxygen atoms in total. The maximum atomic E-state index is 6.05. The molecule has 1 saturated heterocycles. The van der Waals surface area contributed by atoms with Gasteiger partial charge in [0.05, 0.1) is 6.61 Å². The van der Waals surface area contributed by atoms with Crippen LogP contribution in [0.25, 0.3) is 0 Å². The molecule has 3 atom stereocenters. The Morgan fingerprint density at radius 1 is 1.31 bits per heavy atom. The Morgan fingerprint density at radius 2 is 2.08 bits per heavy atom. The molecule has 0 aromatic rings. The zero-order valence-electron chi connectivity index (χ0n) is 9.05. The van der Waals surface area contributed by atoms with Gasteiger partial charge in [0, 0.05) is 6.04 Å². The first-order valence-corrected chi connectivity index (χ1v) is 5.54. The number of hydrogen-bond donors (Lipinski definition) is 0. The summed E-state index contributed by atoms with van der Waals surface area (Å²) < 4.78 is 6.05. The van der Waals surface area contributed by atoms with Crippen LogP contribution in [0.4, 0.5) is 0 Å². The van der Waals surface area contributed by atoms with Crippen molar-refractivity contribution < 1.29 is 4.74 Å². The van der Waals surface area contributed by atoms with Crippen LogP contribution in [0.2, 0.25) is 0 Å². The van der Waals surface area contributed by atoms with Crippen molar-refractivity contribution in [3.8, 4) is 0 Å². The first-order valence-electron chi connectivity index (χ1n) is 5.54. The smallest absolute Gasteiger partial charge is 0.124 e. The molecule has 1 spiro atoms. The average Bonchev–Trinajstić information content (AvgIpc) is 2.45. The Hall–Kier alpha value is -0.0800. The fourth-order valence-electron chi connectivity index (χ4n) is 2.95. The summed E-state index contributed by atoms with van der Waals surface area (Å²) in [7, 11) is 2.23. The molecule has 2 rings (SSSR count). The molecule has 1 heterocycles. The molecular formula is C11H21NO. The van der Waals surface area contributed by atoms with Crippen LogP contribution in [0.3, 0.4) is 0 Å². The largest absolute Gasteiger partial charge is 0.360 e. The molecule has 2 aliphatic rings. The molecule has 1 aliphatic carbocycles. The van der Waals surface area contributed by atoms with E-state index in [9.17, 15) is 0 Å². The van der Waals surface area contributed by atoms with Gasteiger partial charge in [-0.25, -0.2) is 0 Å². The van der Waals surface area contributed by atoms with Crippen LogP contribution in [0.15, 0.2) is 0 Å². The molecule has 1 aliphatic heterocycles. The number of hydrogen-bond acceptors (Lipinski definition) is 2. The van der Waals surface area contributed by atoms with Gasteiger partial charge in [0.15, 0.2) is 0 Å². The fraction of sp³-hybridized carbons (Fsp3) is 1.00. The molecule has 2 fully saturated rings. The van der Waals surface area contributed by atoms with E-state index in [2.05, 4.69) is 25.8 Å². The number of nitrogens with zero attached hydrogens (tertiary/aromatic N) is 1. The van der Waals surface area contributed by atoms with Crippen molar-refractivity contribution in [2.24, 2.45) is 5.92 Å². The van der Waals surface area contributed by atoms with E-state index >= 15 is 0 Å². The first kappa shape index (κ1) is 9.47. The molecule has 76 valence electrons. The zero-order chi connectivity index (χ0) is 9.47. The van der Waals surface area contributed by atoms with Gasteiger partial charge in [0.2, 0.25) is 0 Å². The number of rotatable bonds is 0. The lowest BCUT2D eigenvalue weighted by molar-refractivity contribution is -0.210.